The summed E-state index contributed by atoms with van der Waals surface area (Å²) in [5.41, 5.74) is 0. The number of carbonyl (C=O) groups excluding carboxylic acids is 1. The molecule has 0 fully saturated rings. The Hall–Kier alpha value is -0.500. The Kier molecular flexibility index (Phi) is 7.48. The Bertz CT molecular complexity index is 259. The summed E-state index contributed by atoms with van der Waals surface area (Å²) in [6.45, 7) is 0.0946. The Morgan fingerprint density at radius 3 is 2.62 bits per heavy atom. The second kappa shape index (κ2) is 7.72. The maximum absolute atomic E-state index is 11.1. The molecule has 96 valence electrons. The van der Waals surface area contributed by atoms with Crippen molar-refractivity contribution < 1.29 is 33.5 Å². The Morgan fingerprint density at radius 1 is 1.50 bits per heavy atom. The molecular formula is C7H16NO7P. The smallest absolute Gasteiger partial charge is 0.394 e. The van der Waals surface area contributed by atoms with Gasteiger partial charge in [0, 0.05) is 13.5 Å². The summed E-state index contributed by atoms with van der Waals surface area (Å²) in [4.78, 5) is 19.5. The largest absolute Gasteiger partial charge is 0.472 e. The van der Waals surface area contributed by atoms with E-state index in [1.165, 1.54) is 6.92 Å². The van der Waals surface area contributed by atoms with Crippen molar-refractivity contribution >= 4 is 13.7 Å². The first-order valence-corrected chi connectivity index (χ1v) is 6.02. The van der Waals surface area contributed by atoms with Gasteiger partial charge in [0.25, 0.3) is 0 Å². The molecule has 1 amide bonds. The molecule has 0 aromatic carbocycles. The lowest BCUT2D eigenvalue weighted by molar-refractivity contribution is -0.119. The van der Waals surface area contributed by atoms with E-state index in [9.17, 15) is 9.36 Å². The van der Waals surface area contributed by atoms with Gasteiger partial charge in [-0.05, 0) is 0 Å². The van der Waals surface area contributed by atoms with Crippen molar-refractivity contribution in [2.45, 2.75) is 13.0 Å². The molecule has 4 N–H and O–H groups in total. The van der Waals surface area contributed by atoms with Crippen molar-refractivity contribution in [2.75, 3.05) is 26.4 Å². The van der Waals surface area contributed by atoms with Crippen LogP contribution in [0.1, 0.15) is 6.92 Å². The monoisotopic (exact) mass is 257 g/mol. The molecule has 0 spiro atoms. The van der Waals surface area contributed by atoms with Gasteiger partial charge in [-0.2, -0.15) is 0 Å². The van der Waals surface area contributed by atoms with Crippen molar-refractivity contribution in [1.29, 1.82) is 0 Å². The third kappa shape index (κ3) is 8.78. The molecule has 0 aromatic rings. The Morgan fingerprint density at radius 2 is 2.12 bits per heavy atom. The van der Waals surface area contributed by atoms with Gasteiger partial charge in [-0.15, -0.1) is 0 Å². The topological polar surface area (TPSA) is 125 Å². The molecule has 16 heavy (non-hydrogen) atoms. The van der Waals surface area contributed by atoms with Gasteiger partial charge in [-0.1, -0.05) is 0 Å². The van der Waals surface area contributed by atoms with Crippen molar-refractivity contribution in [3.8, 4) is 0 Å². The SMILES string of the molecule is CC(=O)NCCOP(=O)(O)OC[C@H](O)CO. The molecule has 0 bridgehead atoms. The molecule has 0 aliphatic rings. The van der Waals surface area contributed by atoms with E-state index >= 15 is 0 Å². The zero-order chi connectivity index (χ0) is 12.6. The maximum atomic E-state index is 11.1. The van der Waals surface area contributed by atoms with E-state index in [1.807, 2.05) is 0 Å². The van der Waals surface area contributed by atoms with E-state index in [4.69, 9.17) is 15.1 Å². The minimum absolute atomic E-state index is 0.0752. The highest BCUT2D eigenvalue weighted by molar-refractivity contribution is 7.47. The first-order chi connectivity index (χ1) is 7.37. The van der Waals surface area contributed by atoms with Crippen molar-refractivity contribution in [3.63, 3.8) is 0 Å². The highest BCUT2D eigenvalue weighted by Gasteiger charge is 2.22. The van der Waals surface area contributed by atoms with Crippen LogP contribution in [0.15, 0.2) is 0 Å². The van der Waals surface area contributed by atoms with Crippen LogP contribution in [0.4, 0.5) is 0 Å². The van der Waals surface area contributed by atoms with E-state index in [1.54, 1.807) is 0 Å². The zero-order valence-corrected chi connectivity index (χ0v) is 9.72. The van der Waals surface area contributed by atoms with Gasteiger partial charge in [0.1, 0.15) is 6.10 Å². The van der Waals surface area contributed by atoms with Crippen LogP contribution < -0.4 is 5.32 Å². The number of rotatable bonds is 8. The standard InChI is InChI=1S/C7H16NO7P/c1-6(10)8-2-3-14-16(12,13)15-5-7(11)4-9/h7,9,11H,2-5H2,1H3,(H,8,10)(H,12,13)/t7-/m1/s1. The summed E-state index contributed by atoms with van der Waals surface area (Å²) in [6, 6.07) is 0. The number of hydrogen-bond donors (Lipinski definition) is 4. The number of amides is 1. The van der Waals surface area contributed by atoms with Crippen LogP contribution >= 0.6 is 7.82 Å². The van der Waals surface area contributed by atoms with Crippen LogP contribution in [0.5, 0.6) is 0 Å². The number of phosphoric acid groups is 1. The molecule has 9 heteroatoms. The summed E-state index contributed by atoms with van der Waals surface area (Å²) >= 11 is 0. The van der Waals surface area contributed by atoms with Gasteiger partial charge in [-0.3, -0.25) is 13.8 Å². The number of aliphatic hydroxyl groups is 2. The van der Waals surface area contributed by atoms with E-state index < -0.39 is 27.1 Å². The predicted molar refractivity (Wildman–Crippen MR) is 53.5 cm³/mol. The molecule has 0 aromatic heterocycles. The molecule has 0 aliphatic heterocycles. The molecule has 0 aliphatic carbocycles. The molecule has 1 unspecified atom stereocenters. The molecule has 2 atom stereocenters. The Labute approximate surface area is 92.8 Å². The minimum atomic E-state index is -4.24. The first kappa shape index (κ1) is 15.5. The molecule has 0 radical (unpaired) electrons. The maximum Gasteiger partial charge on any atom is 0.472 e. The van der Waals surface area contributed by atoms with E-state index in [-0.39, 0.29) is 19.1 Å². The molecule has 8 nitrogen and oxygen atoms in total. The van der Waals surface area contributed by atoms with E-state index in [0.29, 0.717) is 0 Å². The van der Waals surface area contributed by atoms with Crippen LogP contribution in [-0.4, -0.2) is 53.5 Å². The molecule has 0 saturated heterocycles. The van der Waals surface area contributed by atoms with Crippen molar-refractivity contribution in [3.05, 3.63) is 0 Å². The van der Waals surface area contributed by atoms with Crippen LogP contribution in [-0.2, 0) is 18.4 Å². The number of phosphoric ester groups is 1. The van der Waals surface area contributed by atoms with Gasteiger partial charge in [0.2, 0.25) is 5.91 Å². The van der Waals surface area contributed by atoms with Gasteiger partial charge >= 0.3 is 7.82 Å². The predicted octanol–water partition coefficient (Wildman–Crippen LogP) is -1.39. The lowest BCUT2D eigenvalue weighted by atomic mass is 10.4. The average molecular weight is 257 g/mol. The minimum Gasteiger partial charge on any atom is -0.394 e. The third-order valence-electron chi connectivity index (χ3n) is 1.37. The highest BCUT2D eigenvalue weighted by atomic mass is 31.2. The fourth-order valence-corrected chi connectivity index (χ4v) is 1.42. The van der Waals surface area contributed by atoms with Gasteiger partial charge in [-0.25, -0.2) is 4.57 Å². The van der Waals surface area contributed by atoms with Crippen molar-refractivity contribution in [2.24, 2.45) is 0 Å². The van der Waals surface area contributed by atoms with Crippen LogP contribution in [0, 0.1) is 0 Å². The molecule has 0 heterocycles. The van der Waals surface area contributed by atoms with Crippen LogP contribution in [0.3, 0.4) is 0 Å². The molecule has 0 saturated carbocycles. The molecule has 0 rings (SSSR count). The second-order valence-corrected chi connectivity index (χ2v) is 4.37. The van der Waals surface area contributed by atoms with E-state index in [2.05, 4.69) is 14.4 Å². The quantitative estimate of drug-likeness (QED) is 0.311. The van der Waals surface area contributed by atoms with Gasteiger partial charge in [0.15, 0.2) is 0 Å². The molecular weight excluding hydrogens is 241 g/mol. The summed E-state index contributed by atoms with van der Waals surface area (Å²) in [5.74, 6) is -0.284. The highest BCUT2D eigenvalue weighted by Crippen LogP contribution is 2.42. The summed E-state index contributed by atoms with van der Waals surface area (Å²) in [5, 5.41) is 19.6. The fraction of sp³-hybridized carbons (Fsp3) is 0.857. The van der Waals surface area contributed by atoms with Crippen LogP contribution in [0.25, 0.3) is 0 Å². The lowest BCUT2D eigenvalue weighted by Gasteiger charge is -2.13. The fourth-order valence-electron chi connectivity index (χ4n) is 0.658. The van der Waals surface area contributed by atoms with Crippen LogP contribution in [0.2, 0.25) is 0 Å². The first-order valence-electron chi connectivity index (χ1n) is 4.52. The summed E-state index contributed by atoms with van der Waals surface area (Å²) in [6.07, 6.45) is -1.24. The number of nitrogens with one attached hydrogen (secondary N) is 1. The number of aliphatic hydroxyl groups excluding tert-OH is 2. The number of carbonyl (C=O) groups is 1. The second-order valence-electron chi connectivity index (χ2n) is 2.92. The summed E-state index contributed by atoms with van der Waals surface area (Å²) < 4.78 is 19.9. The van der Waals surface area contributed by atoms with Gasteiger partial charge in [0.05, 0.1) is 19.8 Å². The normalized spacial score (nSPS) is 16.5. The average Bonchev–Trinajstić information content (AvgIpc) is 2.21. The zero-order valence-electron chi connectivity index (χ0n) is 8.83. The number of hydrogen-bond acceptors (Lipinski definition) is 6. The summed E-state index contributed by atoms with van der Waals surface area (Å²) in [7, 11) is -4.24. The third-order valence-corrected chi connectivity index (χ3v) is 2.36. The van der Waals surface area contributed by atoms with Crippen molar-refractivity contribution in [1.82, 2.24) is 5.32 Å². The van der Waals surface area contributed by atoms with Gasteiger partial charge < -0.3 is 20.4 Å². The Balaban J connectivity index is 3.70. The van der Waals surface area contributed by atoms with E-state index in [0.717, 1.165) is 0 Å². The lowest BCUT2D eigenvalue weighted by Crippen LogP contribution is -2.24.